The Labute approximate surface area is 210 Å². The molecule has 36 heavy (non-hydrogen) atoms. The van der Waals surface area contributed by atoms with Crippen LogP contribution in [0.4, 0.5) is 5.69 Å². The maximum atomic E-state index is 13.1. The van der Waals surface area contributed by atoms with Crippen LogP contribution in [0.15, 0.2) is 66.0 Å². The van der Waals surface area contributed by atoms with E-state index >= 15 is 0 Å². The number of nitrogens with zero attached hydrogens (tertiary/aromatic N) is 2. The van der Waals surface area contributed by atoms with Crippen molar-refractivity contribution in [2.24, 2.45) is 0 Å². The van der Waals surface area contributed by atoms with Crippen LogP contribution in [0.25, 0.3) is 11.3 Å². The highest BCUT2D eigenvalue weighted by atomic mass is 32.1. The number of hydrogen-bond donors (Lipinski definition) is 1. The molecule has 4 aromatic rings. The summed E-state index contributed by atoms with van der Waals surface area (Å²) in [6.45, 7) is 2.19. The molecule has 0 bridgehead atoms. The van der Waals surface area contributed by atoms with E-state index in [1.54, 1.807) is 47.7 Å². The molecule has 0 fully saturated rings. The highest BCUT2D eigenvalue weighted by Gasteiger charge is 2.36. The number of nitrogens with one attached hydrogen (secondary N) is 1. The number of thiazole rings is 1. The molecule has 8 nitrogen and oxygen atoms in total. The van der Waals surface area contributed by atoms with Gasteiger partial charge in [-0.15, -0.1) is 11.3 Å². The summed E-state index contributed by atoms with van der Waals surface area (Å²) in [5, 5.41) is 5.82. The molecular formula is C27H19N3O5S. The van der Waals surface area contributed by atoms with Gasteiger partial charge in [0, 0.05) is 22.2 Å². The number of hydrogen-bond acceptors (Lipinski definition) is 7. The molecule has 0 atom stereocenters. The van der Waals surface area contributed by atoms with Gasteiger partial charge in [-0.05, 0) is 55.0 Å². The van der Waals surface area contributed by atoms with Gasteiger partial charge in [0.1, 0.15) is 0 Å². The molecule has 3 heterocycles. The first-order chi connectivity index (χ1) is 17.5. The predicted molar refractivity (Wildman–Crippen MR) is 133 cm³/mol. The van der Waals surface area contributed by atoms with Crippen LogP contribution in [0.3, 0.4) is 0 Å². The van der Waals surface area contributed by atoms with Gasteiger partial charge in [0.2, 0.25) is 6.79 Å². The quantitative estimate of drug-likeness (QED) is 0.394. The fourth-order valence-corrected chi connectivity index (χ4v) is 4.84. The second kappa shape index (κ2) is 8.62. The maximum absolute atomic E-state index is 13.1. The van der Waals surface area contributed by atoms with Crippen LogP contribution in [-0.4, -0.2) is 34.4 Å². The Morgan fingerprint density at radius 3 is 2.53 bits per heavy atom. The minimum atomic E-state index is -0.440. The van der Waals surface area contributed by atoms with Gasteiger partial charge in [0.15, 0.2) is 11.5 Å². The number of imide groups is 1. The molecule has 0 radical (unpaired) electrons. The molecule has 178 valence electrons. The fourth-order valence-electron chi connectivity index (χ4n) is 4.22. The van der Waals surface area contributed by atoms with Crippen molar-refractivity contribution in [2.75, 3.05) is 12.1 Å². The molecule has 0 spiro atoms. The second-order valence-corrected chi connectivity index (χ2v) is 9.49. The molecule has 6 rings (SSSR count). The number of carbonyl (C=O) groups excluding carboxylic acids is 3. The van der Waals surface area contributed by atoms with Gasteiger partial charge in [-0.2, -0.15) is 0 Å². The summed E-state index contributed by atoms with van der Waals surface area (Å²) in [4.78, 5) is 44.5. The van der Waals surface area contributed by atoms with Crippen LogP contribution < -0.4 is 14.8 Å². The number of amides is 3. The largest absolute Gasteiger partial charge is 0.454 e. The van der Waals surface area contributed by atoms with E-state index in [1.165, 1.54) is 17.0 Å². The molecule has 1 aromatic heterocycles. The van der Waals surface area contributed by atoms with Crippen LogP contribution in [0.2, 0.25) is 0 Å². The summed E-state index contributed by atoms with van der Waals surface area (Å²) in [6.07, 6.45) is 0. The van der Waals surface area contributed by atoms with Crippen LogP contribution >= 0.6 is 11.3 Å². The lowest BCUT2D eigenvalue weighted by Gasteiger charge is -2.14. The van der Waals surface area contributed by atoms with E-state index in [0.29, 0.717) is 22.7 Å². The number of benzene rings is 3. The minimum absolute atomic E-state index is 0.0926. The first-order valence-electron chi connectivity index (χ1n) is 11.2. The molecule has 0 aliphatic carbocycles. The zero-order valence-corrected chi connectivity index (χ0v) is 19.9. The Morgan fingerprint density at radius 2 is 1.75 bits per heavy atom. The Balaban J connectivity index is 1.17. The summed E-state index contributed by atoms with van der Waals surface area (Å²) in [5.74, 6) is 0.00432. The number of rotatable bonds is 5. The molecule has 3 amide bonds. The zero-order chi connectivity index (χ0) is 24.8. The van der Waals surface area contributed by atoms with Crippen molar-refractivity contribution in [1.29, 1.82) is 0 Å². The van der Waals surface area contributed by atoms with Crippen LogP contribution in [0.5, 0.6) is 11.5 Å². The van der Waals surface area contributed by atoms with E-state index in [1.807, 2.05) is 24.4 Å². The maximum Gasteiger partial charge on any atom is 0.261 e. The lowest BCUT2D eigenvalue weighted by Crippen LogP contribution is -2.29. The summed E-state index contributed by atoms with van der Waals surface area (Å²) < 4.78 is 10.7. The molecule has 1 N–H and O–H groups in total. The average molecular weight is 498 g/mol. The molecular weight excluding hydrogens is 478 g/mol. The lowest BCUT2D eigenvalue weighted by molar-refractivity contribution is 0.0642. The first-order valence-corrected chi connectivity index (χ1v) is 12.1. The molecule has 0 saturated heterocycles. The topological polar surface area (TPSA) is 97.8 Å². The third-order valence-corrected chi connectivity index (χ3v) is 6.84. The van der Waals surface area contributed by atoms with Crippen LogP contribution in [-0.2, 0) is 6.54 Å². The van der Waals surface area contributed by atoms with E-state index < -0.39 is 11.8 Å². The SMILES string of the molecule is Cc1nc(-c2ccc(NC(=O)c3ccc4c(c3)C(=O)N(Cc3ccc5c(c3)OCO5)C4=O)cc2)cs1. The number of aryl methyl sites for hydroxylation is 1. The Bertz CT molecular complexity index is 1540. The molecule has 0 saturated carbocycles. The van der Waals surface area contributed by atoms with Crippen molar-refractivity contribution >= 4 is 34.7 Å². The van der Waals surface area contributed by atoms with E-state index in [4.69, 9.17) is 9.47 Å². The molecule has 2 aliphatic rings. The van der Waals surface area contributed by atoms with E-state index in [-0.39, 0.29) is 30.4 Å². The van der Waals surface area contributed by atoms with E-state index in [0.717, 1.165) is 21.8 Å². The third-order valence-electron chi connectivity index (χ3n) is 6.07. The third kappa shape index (κ3) is 3.89. The van der Waals surface area contributed by atoms with E-state index in [2.05, 4.69) is 10.3 Å². The van der Waals surface area contributed by atoms with Gasteiger partial charge in [-0.1, -0.05) is 18.2 Å². The summed E-state index contributed by atoms with van der Waals surface area (Å²) >= 11 is 1.58. The smallest absolute Gasteiger partial charge is 0.261 e. The number of fused-ring (bicyclic) bond motifs is 2. The molecule has 2 aliphatic heterocycles. The monoisotopic (exact) mass is 497 g/mol. The Hall–Kier alpha value is -4.50. The van der Waals surface area contributed by atoms with Crippen molar-refractivity contribution in [1.82, 2.24) is 9.88 Å². The molecule has 0 unspecified atom stereocenters. The number of carbonyl (C=O) groups is 3. The van der Waals surface area contributed by atoms with E-state index in [9.17, 15) is 14.4 Å². The van der Waals surface area contributed by atoms with Gasteiger partial charge < -0.3 is 14.8 Å². The van der Waals surface area contributed by atoms with Crippen molar-refractivity contribution in [3.05, 3.63) is 93.3 Å². The minimum Gasteiger partial charge on any atom is -0.454 e. The summed E-state index contributed by atoms with van der Waals surface area (Å²) in [5.41, 5.74) is 3.98. The van der Waals surface area contributed by atoms with Crippen LogP contribution in [0, 0.1) is 6.92 Å². The van der Waals surface area contributed by atoms with Gasteiger partial charge in [-0.3, -0.25) is 19.3 Å². The van der Waals surface area contributed by atoms with Crippen LogP contribution in [0.1, 0.15) is 41.6 Å². The summed E-state index contributed by atoms with van der Waals surface area (Å²) in [7, 11) is 0. The van der Waals surface area contributed by atoms with Crippen molar-refractivity contribution < 1.29 is 23.9 Å². The number of ether oxygens (including phenoxy) is 2. The second-order valence-electron chi connectivity index (χ2n) is 8.43. The van der Waals surface area contributed by atoms with Gasteiger partial charge in [0.25, 0.3) is 17.7 Å². The standard InChI is InChI=1S/C27H19N3O5S/c1-15-28-22(13-36-15)17-3-6-19(7-4-17)29-25(31)18-5-8-20-21(11-18)27(33)30(26(20)32)12-16-2-9-23-24(10-16)35-14-34-23/h2-11,13H,12,14H2,1H3,(H,29,31). The Kier molecular flexibility index (Phi) is 5.26. The number of aromatic nitrogens is 1. The Morgan fingerprint density at radius 1 is 0.972 bits per heavy atom. The molecule has 3 aromatic carbocycles. The average Bonchev–Trinajstić information content (AvgIpc) is 3.59. The van der Waals surface area contributed by atoms with Crippen molar-refractivity contribution in [3.63, 3.8) is 0 Å². The van der Waals surface area contributed by atoms with Gasteiger partial charge >= 0.3 is 0 Å². The van der Waals surface area contributed by atoms with Gasteiger partial charge in [-0.25, -0.2) is 4.98 Å². The summed E-state index contributed by atoms with van der Waals surface area (Å²) in [6, 6.07) is 17.2. The predicted octanol–water partition coefficient (Wildman–Crippen LogP) is 4.90. The van der Waals surface area contributed by atoms with Gasteiger partial charge in [0.05, 0.1) is 28.4 Å². The first kappa shape index (κ1) is 22.0. The lowest BCUT2D eigenvalue weighted by atomic mass is 10.1. The zero-order valence-electron chi connectivity index (χ0n) is 19.1. The van der Waals surface area contributed by atoms with Crippen molar-refractivity contribution in [3.8, 4) is 22.8 Å². The number of anilines is 1. The highest BCUT2D eigenvalue weighted by Crippen LogP contribution is 2.34. The normalized spacial score (nSPS) is 13.8. The molecule has 9 heteroatoms. The van der Waals surface area contributed by atoms with Crippen molar-refractivity contribution in [2.45, 2.75) is 13.5 Å². The fraction of sp³-hybridized carbons (Fsp3) is 0.111. The highest BCUT2D eigenvalue weighted by molar-refractivity contribution is 7.09.